The Morgan fingerprint density at radius 3 is 2.84 bits per heavy atom. The van der Waals surface area contributed by atoms with Crippen molar-refractivity contribution in [1.82, 2.24) is 9.97 Å². The second-order valence-electron chi connectivity index (χ2n) is 4.09. The van der Waals surface area contributed by atoms with Gasteiger partial charge in [0.05, 0.1) is 23.7 Å². The quantitative estimate of drug-likeness (QED) is 0.739. The van der Waals surface area contributed by atoms with E-state index in [2.05, 4.69) is 25.9 Å². The van der Waals surface area contributed by atoms with E-state index in [4.69, 9.17) is 16.3 Å². The largest absolute Gasteiger partial charge is 0.496 e. The van der Waals surface area contributed by atoms with Crippen molar-refractivity contribution in [3.63, 3.8) is 0 Å². The third-order valence-electron chi connectivity index (χ3n) is 2.86. The fourth-order valence-electron chi connectivity index (χ4n) is 1.97. The topological polar surface area (TPSA) is 37.9 Å². The number of ether oxygens (including phenoxy) is 1. The van der Waals surface area contributed by atoms with Gasteiger partial charge in [0, 0.05) is 9.50 Å². The predicted octanol–water partition coefficient (Wildman–Crippen LogP) is 4.65. The molecule has 0 amide bonds. The number of methoxy groups -OCH3 is 1. The van der Waals surface area contributed by atoms with E-state index in [9.17, 15) is 0 Å². The molecule has 0 unspecified atom stereocenters. The van der Waals surface area contributed by atoms with Gasteiger partial charge < -0.3 is 9.72 Å². The monoisotopic (exact) mass is 336 g/mol. The number of nitrogens with one attached hydrogen (secondary N) is 1. The van der Waals surface area contributed by atoms with Gasteiger partial charge in [0.2, 0.25) is 0 Å². The molecular formula is C14H10BrClN2O. The molecule has 0 saturated heterocycles. The van der Waals surface area contributed by atoms with Gasteiger partial charge in [0.1, 0.15) is 11.6 Å². The number of aromatic nitrogens is 2. The van der Waals surface area contributed by atoms with E-state index in [1.807, 2.05) is 30.3 Å². The zero-order chi connectivity index (χ0) is 13.4. The van der Waals surface area contributed by atoms with Crippen molar-refractivity contribution in [3.8, 4) is 17.1 Å². The van der Waals surface area contributed by atoms with Crippen LogP contribution in [-0.2, 0) is 0 Å². The highest BCUT2D eigenvalue weighted by Gasteiger charge is 2.11. The molecule has 0 aliphatic heterocycles. The lowest BCUT2D eigenvalue weighted by Gasteiger charge is -2.06. The van der Waals surface area contributed by atoms with Gasteiger partial charge in [-0.2, -0.15) is 0 Å². The smallest absolute Gasteiger partial charge is 0.142 e. The van der Waals surface area contributed by atoms with Crippen LogP contribution in [0.1, 0.15) is 0 Å². The van der Waals surface area contributed by atoms with Crippen LogP contribution in [0.15, 0.2) is 40.9 Å². The minimum atomic E-state index is 0.650. The summed E-state index contributed by atoms with van der Waals surface area (Å²) < 4.78 is 6.35. The molecule has 5 heteroatoms. The summed E-state index contributed by atoms with van der Waals surface area (Å²) >= 11 is 9.49. The molecule has 19 heavy (non-hydrogen) atoms. The van der Waals surface area contributed by atoms with E-state index in [1.54, 1.807) is 13.2 Å². The third kappa shape index (κ3) is 2.33. The van der Waals surface area contributed by atoms with Crippen LogP contribution in [0.2, 0.25) is 5.02 Å². The van der Waals surface area contributed by atoms with Crippen LogP contribution in [0.4, 0.5) is 0 Å². The van der Waals surface area contributed by atoms with Crippen molar-refractivity contribution >= 4 is 38.6 Å². The Labute approximate surface area is 123 Å². The lowest BCUT2D eigenvalue weighted by Crippen LogP contribution is -1.89. The molecule has 2 aromatic carbocycles. The number of rotatable bonds is 2. The van der Waals surface area contributed by atoms with Gasteiger partial charge in [-0.25, -0.2) is 4.98 Å². The number of benzene rings is 2. The zero-order valence-corrected chi connectivity index (χ0v) is 12.4. The summed E-state index contributed by atoms with van der Waals surface area (Å²) in [5, 5.41) is 0.650. The maximum atomic E-state index is 6.04. The van der Waals surface area contributed by atoms with Crippen molar-refractivity contribution < 1.29 is 4.74 Å². The first-order valence-corrected chi connectivity index (χ1v) is 6.83. The number of imidazole rings is 1. The molecule has 0 aliphatic carbocycles. The molecule has 3 rings (SSSR count). The molecule has 96 valence electrons. The molecule has 3 nitrogen and oxygen atoms in total. The van der Waals surface area contributed by atoms with Crippen LogP contribution >= 0.6 is 27.5 Å². The molecule has 1 heterocycles. The van der Waals surface area contributed by atoms with Gasteiger partial charge in [-0.3, -0.25) is 0 Å². The van der Waals surface area contributed by atoms with Gasteiger partial charge in [-0.15, -0.1) is 0 Å². The van der Waals surface area contributed by atoms with Crippen molar-refractivity contribution in [1.29, 1.82) is 0 Å². The summed E-state index contributed by atoms with van der Waals surface area (Å²) in [5.74, 6) is 1.48. The molecule has 1 N–H and O–H groups in total. The minimum absolute atomic E-state index is 0.650. The number of fused-ring (bicyclic) bond motifs is 1. The lowest BCUT2D eigenvalue weighted by atomic mass is 10.2. The van der Waals surface area contributed by atoms with Crippen LogP contribution in [0.5, 0.6) is 5.75 Å². The van der Waals surface area contributed by atoms with Gasteiger partial charge >= 0.3 is 0 Å². The summed E-state index contributed by atoms with van der Waals surface area (Å²) in [7, 11) is 1.63. The molecular weight excluding hydrogens is 328 g/mol. The van der Waals surface area contributed by atoms with Crippen LogP contribution in [0.3, 0.4) is 0 Å². The Bertz CT molecular complexity index is 754. The maximum Gasteiger partial charge on any atom is 0.142 e. The molecule has 0 atom stereocenters. The lowest BCUT2D eigenvalue weighted by molar-refractivity contribution is 0.416. The summed E-state index contributed by atoms with van der Waals surface area (Å²) in [6.07, 6.45) is 0. The molecule has 0 saturated carbocycles. The molecule has 0 aliphatic rings. The van der Waals surface area contributed by atoms with Crippen molar-refractivity contribution in [2.45, 2.75) is 0 Å². The normalized spacial score (nSPS) is 10.9. The Kier molecular flexibility index (Phi) is 3.21. The first-order chi connectivity index (χ1) is 9.17. The number of aromatic amines is 1. The molecule has 0 fully saturated rings. The number of hydrogen-bond donors (Lipinski definition) is 1. The molecule has 0 bridgehead atoms. The van der Waals surface area contributed by atoms with Crippen LogP contribution in [0, 0.1) is 0 Å². The van der Waals surface area contributed by atoms with Crippen molar-refractivity contribution in [3.05, 3.63) is 45.9 Å². The highest BCUT2D eigenvalue weighted by atomic mass is 79.9. The molecule has 1 aromatic heterocycles. The van der Waals surface area contributed by atoms with E-state index < -0.39 is 0 Å². The first kappa shape index (κ1) is 12.5. The maximum absolute atomic E-state index is 6.04. The van der Waals surface area contributed by atoms with Crippen molar-refractivity contribution in [2.75, 3.05) is 7.11 Å². The van der Waals surface area contributed by atoms with Crippen LogP contribution in [0.25, 0.3) is 22.4 Å². The third-order valence-corrected chi connectivity index (χ3v) is 3.59. The van der Waals surface area contributed by atoms with Gasteiger partial charge in [0.25, 0.3) is 0 Å². The van der Waals surface area contributed by atoms with E-state index in [0.29, 0.717) is 5.02 Å². The fraction of sp³-hybridized carbons (Fsp3) is 0.0714. The summed E-state index contributed by atoms with van der Waals surface area (Å²) in [6, 6.07) is 11.4. The van der Waals surface area contributed by atoms with E-state index >= 15 is 0 Å². The van der Waals surface area contributed by atoms with Crippen molar-refractivity contribution in [2.24, 2.45) is 0 Å². The first-order valence-electron chi connectivity index (χ1n) is 5.66. The highest BCUT2D eigenvalue weighted by molar-refractivity contribution is 9.10. The van der Waals surface area contributed by atoms with Crippen LogP contribution in [-0.4, -0.2) is 17.1 Å². The SMILES string of the molecule is COc1ccc(Cl)cc1-c1nc2ccc(Br)cc2[nH]1. The number of nitrogens with zero attached hydrogens (tertiary/aromatic N) is 1. The Hall–Kier alpha value is -1.52. The van der Waals surface area contributed by atoms with E-state index in [-0.39, 0.29) is 0 Å². The average Bonchev–Trinajstić information content (AvgIpc) is 2.81. The summed E-state index contributed by atoms with van der Waals surface area (Å²) in [4.78, 5) is 7.83. The van der Waals surface area contributed by atoms with Crippen LogP contribution < -0.4 is 4.74 Å². The number of halogens is 2. The Balaban J connectivity index is 2.21. The summed E-state index contributed by atoms with van der Waals surface area (Å²) in [6.45, 7) is 0. The zero-order valence-electron chi connectivity index (χ0n) is 10.1. The standard InChI is InChI=1S/C14H10BrClN2O/c1-19-13-5-3-9(16)7-10(13)14-17-11-4-2-8(15)6-12(11)18-14/h2-7H,1H3,(H,17,18). The second kappa shape index (κ2) is 4.87. The molecule has 0 radical (unpaired) electrons. The number of hydrogen-bond acceptors (Lipinski definition) is 2. The molecule has 0 spiro atoms. The Morgan fingerprint density at radius 2 is 2.05 bits per heavy atom. The second-order valence-corrected chi connectivity index (χ2v) is 5.44. The van der Waals surface area contributed by atoms with Gasteiger partial charge in [0.15, 0.2) is 0 Å². The molecule has 3 aromatic rings. The van der Waals surface area contributed by atoms with E-state index in [1.165, 1.54) is 0 Å². The summed E-state index contributed by atoms with van der Waals surface area (Å²) in [5.41, 5.74) is 2.72. The van der Waals surface area contributed by atoms with Gasteiger partial charge in [-0.05, 0) is 36.4 Å². The fourth-order valence-corrected chi connectivity index (χ4v) is 2.51. The highest BCUT2D eigenvalue weighted by Crippen LogP contribution is 2.32. The van der Waals surface area contributed by atoms with Gasteiger partial charge in [-0.1, -0.05) is 27.5 Å². The predicted molar refractivity (Wildman–Crippen MR) is 80.8 cm³/mol. The number of H-pyrrole nitrogens is 1. The van der Waals surface area contributed by atoms with E-state index in [0.717, 1.165) is 32.6 Å². The minimum Gasteiger partial charge on any atom is -0.496 e. The average molecular weight is 338 g/mol. The Morgan fingerprint density at radius 1 is 1.21 bits per heavy atom.